The zero-order chi connectivity index (χ0) is 11.0. The van der Waals surface area contributed by atoms with Gasteiger partial charge in [0.1, 0.15) is 5.75 Å². The molecule has 1 atom stereocenters. The number of halogens is 1. The molecule has 0 aliphatic carbocycles. The van der Waals surface area contributed by atoms with E-state index in [4.69, 9.17) is 4.74 Å². The lowest BCUT2D eigenvalue weighted by molar-refractivity contribution is 0.0959. The lowest BCUT2D eigenvalue weighted by atomic mass is 9.95. The number of ketones is 1. The third-order valence-electron chi connectivity index (χ3n) is 2.40. The number of nitrogens with zero attached hydrogens (tertiary/aromatic N) is 1. The minimum Gasteiger partial charge on any atom is -0.496 e. The minimum atomic E-state index is -0.180. The van der Waals surface area contributed by atoms with Gasteiger partial charge in [0.2, 0.25) is 0 Å². The van der Waals surface area contributed by atoms with Gasteiger partial charge in [-0.15, -0.1) is 0 Å². The van der Waals surface area contributed by atoms with Crippen molar-refractivity contribution in [3.05, 3.63) is 22.2 Å². The van der Waals surface area contributed by atoms with Crippen LogP contribution in [0.3, 0.4) is 0 Å². The van der Waals surface area contributed by atoms with E-state index in [1.165, 1.54) is 0 Å². The number of hydrogen-bond acceptors (Lipinski definition) is 3. The highest BCUT2D eigenvalue weighted by atomic mass is 79.9. The average Bonchev–Trinajstić information content (AvgIpc) is 2.24. The number of carbonyl (C=O) groups excluding carboxylic acids is 1. The third kappa shape index (κ3) is 1.59. The Morgan fingerprint density at radius 1 is 1.47 bits per heavy atom. The average molecular weight is 268 g/mol. The van der Waals surface area contributed by atoms with Gasteiger partial charge in [0.05, 0.1) is 24.3 Å². The van der Waals surface area contributed by atoms with E-state index in [0.29, 0.717) is 17.0 Å². The normalized spacial score (nSPS) is 18.9. The lowest BCUT2D eigenvalue weighted by Gasteiger charge is -2.17. The van der Waals surface area contributed by atoms with Crippen molar-refractivity contribution in [2.45, 2.75) is 6.92 Å². The molecule has 0 N–H and O–H groups in total. The molecule has 1 aliphatic heterocycles. The summed E-state index contributed by atoms with van der Waals surface area (Å²) in [6.07, 6.45) is 1.66. The number of methoxy groups -OCH3 is 1. The molecule has 0 saturated carbocycles. The highest BCUT2D eigenvalue weighted by Crippen LogP contribution is 2.39. The summed E-state index contributed by atoms with van der Waals surface area (Å²) in [5.41, 5.74) is 1.24. The lowest BCUT2D eigenvalue weighted by Crippen LogP contribution is -2.17. The first-order chi connectivity index (χ1) is 7.15. The largest absolute Gasteiger partial charge is 0.496 e. The maximum absolute atomic E-state index is 12.0. The van der Waals surface area contributed by atoms with Crippen LogP contribution in [-0.2, 0) is 0 Å². The van der Waals surface area contributed by atoms with Crippen LogP contribution in [0.15, 0.2) is 21.6 Å². The number of Topliss-reactive ketones (excluding diaryl/α,β-unsaturated/α-hetero) is 1. The van der Waals surface area contributed by atoms with Crippen molar-refractivity contribution in [1.29, 1.82) is 0 Å². The van der Waals surface area contributed by atoms with E-state index in [9.17, 15) is 4.79 Å². The highest BCUT2D eigenvalue weighted by molar-refractivity contribution is 9.10. The fourth-order valence-electron chi connectivity index (χ4n) is 1.56. The van der Waals surface area contributed by atoms with Crippen LogP contribution in [0.4, 0.5) is 5.69 Å². The zero-order valence-corrected chi connectivity index (χ0v) is 10.0. The number of hydrogen-bond donors (Lipinski definition) is 0. The van der Waals surface area contributed by atoms with E-state index in [1.807, 2.05) is 13.0 Å². The van der Waals surface area contributed by atoms with Crippen LogP contribution < -0.4 is 4.74 Å². The highest BCUT2D eigenvalue weighted by Gasteiger charge is 2.26. The molecule has 1 aromatic carbocycles. The minimum absolute atomic E-state index is 0.0538. The van der Waals surface area contributed by atoms with Crippen molar-refractivity contribution in [3.8, 4) is 5.75 Å². The molecule has 1 unspecified atom stereocenters. The van der Waals surface area contributed by atoms with Crippen molar-refractivity contribution >= 4 is 33.6 Å². The zero-order valence-electron chi connectivity index (χ0n) is 8.45. The van der Waals surface area contributed by atoms with Crippen molar-refractivity contribution < 1.29 is 9.53 Å². The van der Waals surface area contributed by atoms with Gasteiger partial charge in [-0.2, -0.15) is 0 Å². The molecular weight excluding hydrogens is 258 g/mol. The molecule has 1 heterocycles. The quantitative estimate of drug-likeness (QED) is 0.785. The van der Waals surface area contributed by atoms with Crippen LogP contribution in [0.25, 0.3) is 0 Å². The van der Waals surface area contributed by atoms with Gasteiger partial charge in [-0.1, -0.05) is 6.92 Å². The number of fused-ring (bicyclic) bond motifs is 1. The standard InChI is InChI=1S/C11H10BrNO2/c1-6-5-13-10-7(12)3-4-8(15-2)9(10)11(6)14/h3-6H,1-2H3. The SMILES string of the molecule is COc1ccc(Br)c2c1C(=O)C(C)C=N2. The molecule has 0 fully saturated rings. The molecule has 4 heteroatoms. The predicted molar refractivity (Wildman–Crippen MR) is 62.3 cm³/mol. The van der Waals surface area contributed by atoms with Crippen LogP contribution in [-0.4, -0.2) is 19.1 Å². The smallest absolute Gasteiger partial charge is 0.176 e. The topological polar surface area (TPSA) is 38.7 Å². The van der Waals surface area contributed by atoms with Crippen LogP contribution >= 0.6 is 15.9 Å². The number of carbonyl (C=O) groups is 1. The molecule has 3 nitrogen and oxygen atoms in total. The van der Waals surface area contributed by atoms with E-state index in [-0.39, 0.29) is 11.7 Å². The first-order valence-electron chi connectivity index (χ1n) is 4.60. The van der Waals surface area contributed by atoms with E-state index in [0.717, 1.165) is 4.47 Å². The molecular formula is C11H10BrNO2. The Morgan fingerprint density at radius 2 is 2.20 bits per heavy atom. The van der Waals surface area contributed by atoms with Crippen LogP contribution in [0.2, 0.25) is 0 Å². The van der Waals surface area contributed by atoms with E-state index in [1.54, 1.807) is 19.4 Å². The molecule has 1 aliphatic rings. The molecule has 0 bridgehead atoms. The van der Waals surface area contributed by atoms with Gasteiger partial charge in [-0.25, -0.2) is 0 Å². The summed E-state index contributed by atoms with van der Waals surface area (Å²) in [6, 6.07) is 3.60. The number of ether oxygens (including phenoxy) is 1. The molecule has 78 valence electrons. The summed E-state index contributed by atoms with van der Waals surface area (Å²) in [5, 5.41) is 0. The van der Waals surface area contributed by atoms with Crippen molar-refractivity contribution in [2.24, 2.45) is 10.9 Å². The maximum Gasteiger partial charge on any atom is 0.176 e. The van der Waals surface area contributed by atoms with Gasteiger partial charge in [-0.05, 0) is 28.1 Å². The van der Waals surface area contributed by atoms with Crippen LogP contribution in [0.1, 0.15) is 17.3 Å². The Bertz CT molecular complexity index is 454. The second kappa shape index (κ2) is 3.77. The van der Waals surface area contributed by atoms with Crippen molar-refractivity contribution in [3.63, 3.8) is 0 Å². The maximum atomic E-state index is 12.0. The predicted octanol–water partition coefficient (Wildman–Crippen LogP) is 2.99. The first-order valence-corrected chi connectivity index (χ1v) is 5.39. The Labute approximate surface area is 96.3 Å². The third-order valence-corrected chi connectivity index (χ3v) is 3.04. The fraction of sp³-hybridized carbons (Fsp3) is 0.273. The van der Waals surface area contributed by atoms with Gasteiger partial charge < -0.3 is 4.74 Å². The molecule has 2 rings (SSSR count). The summed E-state index contributed by atoms with van der Waals surface area (Å²) >= 11 is 3.37. The Hall–Kier alpha value is -1.16. The number of benzene rings is 1. The van der Waals surface area contributed by atoms with E-state index in [2.05, 4.69) is 20.9 Å². The van der Waals surface area contributed by atoms with Crippen LogP contribution in [0.5, 0.6) is 5.75 Å². The molecule has 0 radical (unpaired) electrons. The second-order valence-corrected chi connectivity index (χ2v) is 4.26. The van der Waals surface area contributed by atoms with Gasteiger partial charge in [0.15, 0.2) is 5.78 Å². The Morgan fingerprint density at radius 3 is 2.87 bits per heavy atom. The molecule has 15 heavy (non-hydrogen) atoms. The van der Waals surface area contributed by atoms with Gasteiger partial charge >= 0.3 is 0 Å². The molecule has 1 aromatic rings. The molecule has 0 spiro atoms. The van der Waals surface area contributed by atoms with Crippen molar-refractivity contribution in [2.75, 3.05) is 7.11 Å². The second-order valence-electron chi connectivity index (χ2n) is 3.40. The monoisotopic (exact) mass is 267 g/mol. The Kier molecular flexibility index (Phi) is 2.61. The van der Waals surface area contributed by atoms with E-state index < -0.39 is 0 Å². The van der Waals surface area contributed by atoms with Crippen molar-refractivity contribution in [1.82, 2.24) is 0 Å². The summed E-state index contributed by atoms with van der Waals surface area (Å²) in [5.74, 6) is 0.459. The summed E-state index contributed by atoms with van der Waals surface area (Å²) < 4.78 is 5.99. The Balaban J connectivity index is 2.70. The molecule has 0 saturated heterocycles. The van der Waals surface area contributed by atoms with E-state index >= 15 is 0 Å². The molecule has 0 aromatic heterocycles. The number of aliphatic imine (C=N–C) groups is 1. The fourth-order valence-corrected chi connectivity index (χ4v) is 2.00. The van der Waals surface area contributed by atoms with Gasteiger partial charge in [-0.3, -0.25) is 9.79 Å². The van der Waals surface area contributed by atoms with Gasteiger partial charge in [0, 0.05) is 10.7 Å². The molecule has 0 amide bonds. The van der Waals surface area contributed by atoms with Gasteiger partial charge in [0.25, 0.3) is 0 Å². The summed E-state index contributed by atoms with van der Waals surface area (Å²) in [4.78, 5) is 16.2. The summed E-state index contributed by atoms with van der Waals surface area (Å²) in [6.45, 7) is 1.83. The first kappa shape index (κ1) is 10.4. The van der Waals surface area contributed by atoms with Crippen LogP contribution in [0, 0.1) is 5.92 Å². The number of rotatable bonds is 1. The summed E-state index contributed by atoms with van der Waals surface area (Å²) in [7, 11) is 1.56.